The molecule has 1 unspecified atom stereocenters. The van der Waals surface area contributed by atoms with Gasteiger partial charge in [0.05, 0.1) is 0 Å². The van der Waals surface area contributed by atoms with E-state index in [9.17, 15) is 18.4 Å². The summed E-state index contributed by atoms with van der Waals surface area (Å²) in [5.41, 5.74) is -0.123. The second-order valence-corrected chi connectivity index (χ2v) is 4.24. The van der Waals surface area contributed by atoms with Crippen molar-refractivity contribution in [1.82, 2.24) is 5.32 Å². The van der Waals surface area contributed by atoms with Crippen LogP contribution >= 0.6 is 0 Å². The van der Waals surface area contributed by atoms with Crippen LogP contribution in [0.3, 0.4) is 0 Å². The van der Waals surface area contributed by atoms with Crippen molar-refractivity contribution < 1.29 is 23.5 Å². The summed E-state index contributed by atoms with van der Waals surface area (Å²) in [5, 5.41) is 11.1. The minimum atomic E-state index is -0.946. The highest BCUT2D eigenvalue weighted by molar-refractivity contribution is 5.94. The van der Waals surface area contributed by atoms with Crippen LogP contribution < -0.4 is 5.32 Å². The molecule has 0 heterocycles. The molecule has 0 spiro atoms. The van der Waals surface area contributed by atoms with Gasteiger partial charge in [-0.3, -0.25) is 9.59 Å². The summed E-state index contributed by atoms with van der Waals surface area (Å²) in [6, 6.07) is 2.53. The molecule has 1 rings (SSSR count). The average molecular weight is 271 g/mol. The van der Waals surface area contributed by atoms with Gasteiger partial charge in [0.2, 0.25) is 0 Å². The number of benzene rings is 1. The topological polar surface area (TPSA) is 66.4 Å². The van der Waals surface area contributed by atoms with E-state index in [1.165, 1.54) is 0 Å². The highest BCUT2D eigenvalue weighted by atomic mass is 19.1. The number of carboxylic acids is 1. The first-order valence-electron chi connectivity index (χ1n) is 5.88. The predicted octanol–water partition coefficient (Wildman–Crippen LogP) is 2.20. The van der Waals surface area contributed by atoms with Gasteiger partial charge >= 0.3 is 5.97 Å². The zero-order valence-electron chi connectivity index (χ0n) is 10.5. The van der Waals surface area contributed by atoms with Gasteiger partial charge in [-0.2, -0.15) is 0 Å². The molecule has 1 amide bonds. The third kappa shape index (κ3) is 5.03. The van der Waals surface area contributed by atoms with Gasteiger partial charge in [-0.05, 0) is 18.1 Å². The molecule has 19 heavy (non-hydrogen) atoms. The van der Waals surface area contributed by atoms with E-state index in [-0.39, 0.29) is 24.4 Å². The van der Waals surface area contributed by atoms with Crippen molar-refractivity contribution in [2.75, 3.05) is 6.54 Å². The Morgan fingerprint density at radius 2 is 1.84 bits per heavy atom. The van der Waals surface area contributed by atoms with Crippen molar-refractivity contribution in [3.05, 3.63) is 35.4 Å². The van der Waals surface area contributed by atoms with E-state index in [0.29, 0.717) is 12.5 Å². The first-order valence-corrected chi connectivity index (χ1v) is 5.88. The highest BCUT2D eigenvalue weighted by Gasteiger charge is 2.14. The van der Waals surface area contributed by atoms with Crippen LogP contribution in [0.5, 0.6) is 0 Å². The number of halogens is 2. The lowest BCUT2D eigenvalue weighted by molar-refractivity contribution is -0.138. The monoisotopic (exact) mass is 271 g/mol. The molecule has 0 aliphatic rings. The maximum atomic E-state index is 12.9. The van der Waals surface area contributed by atoms with Crippen LogP contribution in [0, 0.1) is 17.6 Å². The smallest absolute Gasteiger partial charge is 0.303 e. The van der Waals surface area contributed by atoms with E-state index in [0.717, 1.165) is 12.1 Å². The van der Waals surface area contributed by atoms with Gasteiger partial charge in [-0.25, -0.2) is 8.78 Å². The van der Waals surface area contributed by atoms with Crippen molar-refractivity contribution in [2.45, 2.75) is 19.8 Å². The van der Waals surface area contributed by atoms with E-state index >= 15 is 0 Å². The van der Waals surface area contributed by atoms with Crippen molar-refractivity contribution in [3.63, 3.8) is 0 Å². The number of amides is 1. The number of nitrogens with one attached hydrogen (secondary N) is 1. The summed E-state index contributed by atoms with van der Waals surface area (Å²) in [5.74, 6) is -3.44. The Balaban J connectivity index is 2.61. The molecule has 2 N–H and O–H groups in total. The first kappa shape index (κ1) is 15.1. The summed E-state index contributed by atoms with van der Waals surface area (Å²) >= 11 is 0. The maximum Gasteiger partial charge on any atom is 0.303 e. The van der Waals surface area contributed by atoms with Crippen LogP contribution in [0.2, 0.25) is 0 Å². The van der Waals surface area contributed by atoms with Crippen molar-refractivity contribution in [3.8, 4) is 0 Å². The van der Waals surface area contributed by atoms with Gasteiger partial charge in [0.15, 0.2) is 0 Å². The number of rotatable bonds is 6. The second-order valence-electron chi connectivity index (χ2n) is 4.24. The summed E-state index contributed by atoms with van der Waals surface area (Å²) in [7, 11) is 0. The van der Waals surface area contributed by atoms with Crippen LogP contribution in [0.25, 0.3) is 0 Å². The molecule has 0 saturated carbocycles. The number of hydrogen-bond acceptors (Lipinski definition) is 2. The molecule has 1 aromatic carbocycles. The summed E-state index contributed by atoms with van der Waals surface area (Å²) in [4.78, 5) is 22.2. The van der Waals surface area contributed by atoms with Crippen LogP contribution in [0.4, 0.5) is 8.78 Å². The van der Waals surface area contributed by atoms with Crippen LogP contribution in [0.15, 0.2) is 18.2 Å². The van der Waals surface area contributed by atoms with Crippen molar-refractivity contribution in [2.24, 2.45) is 5.92 Å². The fourth-order valence-electron chi connectivity index (χ4n) is 1.63. The van der Waals surface area contributed by atoms with E-state index in [1.807, 2.05) is 6.92 Å². The molecule has 0 bridgehead atoms. The molecule has 1 atom stereocenters. The summed E-state index contributed by atoms with van der Waals surface area (Å²) in [6.45, 7) is 1.96. The molecule has 0 fully saturated rings. The SMILES string of the molecule is CCC(CNC(=O)c1cc(F)cc(F)c1)CC(=O)O. The number of hydrogen-bond donors (Lipinski definition) is 2. The number of aliphatic carboxylic acids is 1. The van der Waals surface area contributed by atoms with Gasteiger partial charge in [0.1, 0.15) is 11.6 Å². The fraction of sp³-hybridized carbons (Fsp3) is 0.385. The molecular formula is C13H15F2NO3. The average Bonchev–Trinajstić information content (AvgIpc) is 2.32. The molecule has 0 saturated heterocycles. The summed E-state index contributed by atoms with van der Waals surface area (Å²) < 4.78 is 25.9. The van der Waals surface area contributed by atoms with Gasteiger partial charge in [-0.15, -0.1) is 0 Å². The standard InChI is InChI=1S/C13H15F2NO3/c1-2-8(3-12(17)18)7-16-13(19)9-4-10(14)6-11(15)5-9/h4-6,8H,2-3,7H2,1H3,(H,16,19)(H,17,18). The molecule has 4 nitrogen and oxygen atoms in total. The minimum absolute atomic E-state index is 0.0612. The second kappa shape index (κ2) is 6.82. The zero-order chi connectivity index (χ0) is 14.4. The Hall–Kier alpha value is -1.98. The van der Waals surface area contributed by atoms with Crippen LogP contribution in [-0.4, -0.2) is 23.5 Å². The Labute approximate surface area is 109 Å². The minimum Gasteiger partial charge on any atom is -0.481 e. The fourth-order valence-corrected chi connectivity index (χ4v) is 1.63. The number of carbonyl (C=O) groups is 2. The van der Waals surface area contributed by atoms with E-state index < -0.39 is 23.5 Å². The lowest BCUT2D eigenvalue weighted by Crippen LogP contribution is -2.30. The molecule has 0 aliphatic carbocycles. The first-order chi connectivity index (χ1) is 8.92. The van der Waals surface area contributed by atoms with Crippen molar-refractivity contribution in [1.29, 1.82) is 0 Å². The maximum absolute atomic E-state index is 12.9. The third-order valence-corrected chi connectivity index (χ3v) is 2.72. The molecule has 0 aliphatic heterocycles. The normalized spacial score (nSPS) is 11.9. The quantitative estimate of drug-likeness (QED) is 0.833. The van der Waals surface area contributed by atoms with Gasteiger partial charge in [-0.1, -0.05) is 13.3 Å². The Bertz CT molecular complexity index is 457. The van der Waals surface area contributed by atoms with E-state index in [4.69, 9.17) is 5.11 Å². The Morgan fingerprint density at radius 1 is 1.26 bits per heavy atom. The highest BCUT2D eigenvalue weighted by Crippen LogP contribution is 2.10. The Kier molecular flexibility index (Phi) is 5.41. The molecule has 0 radical (unpaired) electrons. The van der Waals surface area contributed by atoms with Crippen molar-refractivity contribution >= 4 is 11.9 Å². The largest absolute Gasteiger partial charge is 0.481 e. The van der Waals surface area contributed by atoms with E-state index in [2.05, 4.69) is 5.32 Å². The lowest BCUT2D eigenvalue weighted by atomic mass is 10.0. The zero-order valence-corrected chi connectivity index (χ0v) is 10.5. The molecular weight excluding hydrogens is 256 g/mol. The van der Waals surface area contributed by atoms with Gasteiger partial charge < -0.3 is 10.4 Å². The number of carbonyl (C=O) groups excluding carboxylic acids is 1. The Morgan fingerprint density at radius 3 is 2.32 bits per heavy atom. The number of carboxylic acid groups (broad SMARTS) is 1. The van der Waals surface area contributed by atoms with Gasteiger partial charge in [0.25, 0.3) is 5.91 Å². The van der Waals surface area contributed by atoms with Gasteiger partial charge in [0, 0.05) is 24.6 Å². The lowest BCUT2D eigenvalue weighted by Gasteiger charge is -2.13. The molecule has 6 heteroatoms. The van der Waals surface area contributed by atoms with Crippen LogP contribution in [0.1, 0.15) is 30.1 Å². The summed E-state index contributed by atoms with van der Waals surface area (Å²) in [6.07, 6.45) is 0.526. The van der Waals surface area contributed by atoms with E-state index in [1.54, 1.807) is 0 Å². The third-order valence-electron chi connectivity index (χ3n) is 2.72. The van der Waals surface area contributed by atoms with Crippen LogP contribution in [-0.2, 0) is 4.79 Å². The predicted molar refractivity (Wildman–Crippen MR) is 64.7 cm³/mol. The molecule has 104 valence electrons. The molecule has 1 aromatic rings. The molecule has 0 aromatic heterocycles.